The van der Waals surface area contributed by atoms with E-state index in [1.54, 1.807) is 0 Å². The molecule has 5 nitrogen and oxygen atoms in total. The van der Waals surface area contributed by atoms with Gasteiger partial charge in [-0.25, -0.2) is 0 Å². The van der Waals surface area contributed by atoms with E-state index in [4.69, 9.17) is 0 Å². The summed E-state index contributed by atoms with van der Waals surface area (Å²) in [6, 6.07) is 12.1. The third-order valence-electron chi connectivity index (χ3n) is 2.63. The fourth-order valence-corrected chi connectivity index (χ4v) is 1.73. The van der Waals surface area contributed by atoms with E-state index in [-0.39, 0.29) is 17.4 Å². The first-order valence-electron chi connectivity index (χ1n) is 5.90. The molecule has 0 saturated heterocycles. The Labute approximate surface area is 109 Å². The molecule has 0 unspecified atom stereocenters. The molecule has 0 aliphatic rings. The standard InChI is InChI=1S/C14H14N2O3/c17-12-8-11(9-13(18)16-12)14(19)15-7-6-10-4-2-1-3-5-10/h1-5,8-9H,6-7H2,(H,15,19)(H2,16,17,18). The van der Waals surface area contributed by atoms with E-state index in [1.165, 1.54) is 6.07 Å². The zero-order valence-corrected chi connectivity index (χ0v) is 10.2. The van der Waals surface area contributed by atoms with E-state index in [0.717, 1.165) is 11.6 Å². The van der Waals surface area contributed by atoms with Crippen LogP contribution in [0.3, 0.4) is 0 Å². The number of aromatic nitrogens is 1. The fraction of sp³-hybridized carbons (Fsp3) is 0.143. The highest BCUT2D eigenvalue weighted by molar-refractivity contribution is 5.94. The highest BCUT2D eigenvalue weighted by Crippen LogP contribution is 2.04. The first kappa shape index (κ1) is 12.9. The van der Waals surface area contributed by atoms with Gasteiger partial charge in [-0.1, -0.05) is 30.3 Å². The van der Waals surface area contributed by atoms with E-state index in [0.29, 0.717) is 13.0 Å². The Balaban J connectivity index is 1.93. The van der Waals surface area contributed by atoms with Crippen LogP contribution in [0, 0.1) is 0 Å². The molecule has 3 N–H and O–H groups in total. The van der Waals surface area contributed by atoms with Crippen LogP contribution in [0.4, 0.5) is 0 Å². The topological polar surface area (TPSA) is 82.2 Å². The van der Waals surface area contributed by atoms with Crippen molar-refractivity contribution >= 4 is 5.91 Å². The van der Waals surface area contributed by atoms with Crippen molar-refractivity contribution < 1.29 is 9.90 Å². The van der Waals surface area contributed by atoms with Crippen LogP contribution in [0.5, 0.6) is 5.88 Å². The SMILES string of the molecule is O=C(NCCc1ccccc1)c1cc(O)[nH]c(=O)c1. The number of carbonyl (C=O) groups is 1. The summed E-state index contributed by atoms with van der Waals surface area (Å²) in [6.45, 7) is 0.469. The maximum Gasteiger partial charge on any atom is 0.251 e. The lowest BCUT2D eigenvalue weighted by molar-refractivity contribution is 0.0953. The van der Waals surface area contributed by atoms with Crippen LogP contribution in [0.2, 0.25) is 0 Å². The van der Waals surface area contributed by atoms with E-state index in [2.05, 4.69) is 10.3 Å². The zero-order chi connectivity index (χ0) is 13.7. The van der Waals surface area contributed by atoms with Crippen molar-refractivity contribution in [3.05, 3.63) is 63.9 Å². The molecule has 0 radical (unpaired) electrons. The Morgan fingerprint density at radius 2 is 1.95 bits per heavy atom. The number of H-pyrrole nitrogens is 1. The third kappa shape index (κ3) is 3.70. The fourth-order valence-electron chi connectivity index (χ4n) is 1.73. The van der Waals surface area contributed by atoms with Crippen LogP contribution in [-0.2, 0) is 6.42 Å². The molecule has 0 fully saturated rings. The molecule has 98 valence electrons. The summed E-state index contributed by atoms with van der Waals surface area (Å²) in [5.41, 5.74) is 0.763. The predicted molar refractivity (Wildman–Crippen MR) is 71.2 cm³/mol. The van der Waals surface area contributed by atoms with Gasteiger partial charge in [0.15, 0.2) is 5.88 Å². The molecule has 0 saturated carbocycles. The van der Waals surface area contributed by atoms with Crippen molar-refractivity contribution in [2.24, 2.45) is 0 Å². The molecule has 0 atom stereocenters. The number of carbonyl (C=O) groups excluding carboxylic acids is 1. The second-order valence-corrected chi connectivity index (χ2v) is 4.11. The van der Waals surface area contributed by atoms with Gasteiger partial charge in [-0.2, -0.15) is 0 Å². The molecule has 0 spiro atoms. The van der Waals surface area contributed by atoms with Gasteiger partial charge in [-0.15, -0.1) is 0 Å². The highest BCUT2D eigenvalue weighted by Gasteiger charge is 2.07. The monoisotopic (exact) mass is 258 g/mol. The number of benzene rings is 1. The maximum atomic E-state index is 11.8. The van der Waals surface area contributed by atoms with E-state index in [1.807, 2.05) is 30.3 Å². The molecule has 19 heavy (non-hydrogen) atoms. The van der Waals surface area contributed by atoms with Crippen LogP contribution >= 0.6 is 0 Å². The number of hydrogen-bond donors (Lipinski definition) is 3. The number of pyridine rings is 1. The Morgan fingerprint density at radius 1 is 1.21 bits per heavy atom. The van der Waals surface area contributed by atoms with Crippen molar-refractivity contribution in [2.75, 3.05) is 6.54 Å². The quantitative estimate of drug-likeness (QED) is 0.766. The first-order valence-corrected chi connectivity index (χ1v) is 5.90. The van der Waals surface area contributed by atoms with Gasteiger partial charge in [-0.05, 0) is 12.0 Å². The van der Waals surface area contributed by atoms with Crippen molar-refractivity contribution in [3.8, 4) is 5.88 Å². The molecular formula is C14H14N2O3. The van der Waals surface area contributed by atoms with Crippen LogP contribution in [0.15, 0.2) is 47.3 Å². The van der Waals surface area contributed by atoms with Gasteiger partial charge in [0.2, 0.25) is 0 Å². The number of amides is 1. The summed E-state index contributed by atoms with van der Waals surface area (Å²) < 4.78 is 0. The molecule has 1 heterocycles. The number of aromatic hydroxyl groups is 1. The van der Waals surface area contributed by atoms with Crippen molar-refractivity contribution in [2.45, 2.75) is 6.42 Å². The minimum atomic E-state index is -0.506. The molecule has 0 bridgehead atoms. The lowest BCUT2D eigenvalue weighted by Gasteiger charge is -2.05. The average molecular weight is 258 g/mol. The van der Waals surface area contributed by atoms with Gasteiger partial charge >= 0.3 is 0 Å². The molecule has 2 aromatic rings. The molecule has 2 rings (SSSR count). The number of hydrogen-bond acceptors (Lipinski definition) is 3. The third-order valence-corrected chi connectivity index (χ3v) is 2.63. The van der Waals surface area contributed by atoms with Gasteiger partial charge in [-0.3, -0.25) is 14.6 Å². The molecule has 1 amide bonds. The Bertz CT molecular complexity index is 620. The van der Waals surface area contributed by atoms with Crippen molar-refractivity contribution in [1.82, 2.24) is 10.3 Å². The molecule has 0 aliphatic heterocycles. The summed E-state index contributed by atoms with van der Waals surface area (Å²) >= 11 is 0. The molecule has 1 aromatic heterocycles. The summed E-state index contributed by atoms with van der Waals surface area (Å²) in [5.74, 6) is -0.696. The summed E-state index contributed by atoms with van der Waals surface area (Å²) in [6.07, 6.45) is 0.710. The summed E-state index contributed by atoms with van der Waals surface area (Å²) in [4.78, 5) is 25.0. The maximum absolute atomic E-state index is 11.8. The smallest absolute Gasteiger partial charge is 0.251 e. The minimum Gasteiger partial charge on any atom is -0.494 e. The van der Waals surface area contributed by atoms with E-state index in [9.17, 15) is 14.7 Å². The van der Waals surface area contributed by atoms with Gasteiger partial charge in [0.1, 0.15) is 0 Å². The van der Waals surface area contributed by atoms with Crippen LogP contribution < -0.4 is 10.9 Å². The Kier molecular flexibility index (Phi) is 3.97. The van der Waals surface area contributed by atoms with Crippen LogP contribution in [-0.4, -0.2) is 22.5 Å². The first-order chi connectivity index (χ1) is 9.15. The lowest BCUT2D eigenvalue weighted by Crippen LogP contribution is -2.26. The lowest BCUT2D eigenvalue weighted by atomic mass is 10.1. The second kappa shape index (κ2) is 5.86. The summed E-state index contributed by atoms with van der Waals surface area (Å²) in [7, 11) is 0. The number of aromatic amines is 1. The van der Waals surface area contributed by atoms with Gasteiger partial charge in [0, 0.05) is 18.7 Å². The predicted octanol–water partition coefficient (Wildman–Crippen LogP) is 1.05. The molecule has 1 aromatic carbocycles. The van der Waals surface area contributed by atoms with Gasteiger partial charge in [0.05, 0.1) is 5.56 Å². The second-order valence-electron chi connectivity index (χ2n) is 4.11. The number of nitrogens with one attached hydrogen (secondary N) is 2. The molecule has 0 aliphatic carbocycles. The highest BCUT2D eigenvalue weighted by atomic mass is 16.3. The van der Waals surface area contributed by atoms with Gasteiger partial charge < -0.3 is 10.4 Å². The Hall–Kier alpha value is -2.56. The zero-order valence-electron chi connectivity index (χ0n) is 10.2. The average Bonchev–Trinajstić information content (AvgIpc) is 2.38. The van der Waals surface area contributed by atoms with Gasteiger partial charge in [0.25, 0.3) is 11.5 Å². The summed E-state index contributed by atoms with van der Waals surface area (Å²) in [5, 5.41) is 11.9. The van der Waals surface area contributed by atoms with Crippen molar-refractivity contribution in [3.63, 3.8) is 0 Å². The molecular weight excluding hydrogens is 244 g/mol. The normalized spacial score (nSPS) is 10.1. The Morgan fingerprint density at radius 3 is 2.63 bits per heavy atom. The molecule has 5 heteroatoms. The largest absolute Gasteiger partial charge is 0.494 e. The van der Waals surface area contributed by atoms with Crippen LogP contribution in [0.25, 0.3) is 0 Å². The minimum absolute atomic E-state index is 0.148. The number of rotatable bonds is 4. The van der Waals surface area contributed by atoms with E-state index >= 15 is 0 Å². The van der Waals surface area contributed by atoms with Crippen LogP contribution in [0.1, 0.15) is 15.9 Å². The van der Waals surface area contributed by atoms with E-state index < -0.39 is 5.56 Å². The van der Waals surface area contributed by atoms with Crippen molar-refractivity contribution in [1.29, 1.82) is 0 Å².